The van der Waals surface area contributed by atoms with Gasteiger partial charge in [0.05, 0.1) is 12.7 Å². The van der Waals surface area contributed by atoms with Gasteiger partial charge in [-0.3, -0.25) is 14.6 Å². The van der Waals surface area contributed by atoms with E-state index in [1.165, 1.54) is 19.2 Å². The van der Waals surface area contributed by atoms with Gasteiger partial charge in [-0.05, 0) is 54.1 Å². The van der Waals surface area contributed by atoms with Gasteiger partial charge < -0.3 is 15.4 Å². The second-order valence-electron chi connectivity index (χ2n) is 6.15. The number of hydrogen-bond acceptors (Lipinski definition) is 5. The van der Waals surface area contributed by atoms with Gasteiger partial charge in [0.15, 0.2) is 0 Å². The Labute approximate surface area is 167 Å². The van der Waals surface area contributed by atoms with E-state index in [0.717, 1.165) is 5.56 Å². The number of benzene rings is 2. The number of pyridine rings is 1. The van der Waals surface area contributed by atoms with Crippen LogP contribution in [0.5, 0.6) is 0 Å². The van der Waals surface area contributed by atoms with Crippen molar-refractivity contribution in [1.29, 1.82) is 0 Å². The van der Waals surface area contributed by atoms with E-state index in [1.807, 2.05) is 12.1 Å². The Bertz CT molecular complexity index is 1030. The molecule has 7 nitrogen and oxygen atoms in total. The van der Waals surface area contributed by atoms with Gasteiger partial charge >= 0.3 is 5.97 Å². The van der Waals surface area contributed by atoms with Gasteiger partial charge in [-0.25, -0.2) is 4.79 Å². The smallest absolute Gasteiger partial charge is 0.337 e. The Hall–Kier alpha value is -4.00. The van der Waals surface area contributed by atoms with Gasteiger partial charge in [0, 0.05) is 35.8 Å². The molecule has 1 aromatic heterocycles. The molecular formula is C22H19N3O4. The second-order valence-corrected chi connectivity index (χ2v) is 6.15. The molecule has 3 aromatic rings. The minimum absolute atomic E-state index is 0.288. The molecule has 0 aliphatic carbocycles. The SMILES string of the molecule is COC(=O)c1cccc(NC(=O)c2cccc(C(=O)NCc3ccncc3)c2)c1. The highest BCUT2D eigenvalue weighted by Crippen LogP contribution is 2.14. The van der Waals surface area contributed by atoms with Crippen molar-refractivity contribution >= 4 is 23.5 Å². The largest absolute Gasteiger partial charge is 0.465 e. The van der Waals surface area contributed by atoms with Crippen LogP contribution in [0.15, 0.2) is 73.1 Å². The lowest BCUT2D eigenvalue weighted by molar-refractivity contribution is 0.0600. The number of rotatable bonds is 6. The molecule has 0 spiro atoms. The zero-order chi connectivity index (χ0) is 20.6. The highest BCUT2D eigenvalue weighted by molar-refractivity contribution is 6.06. The lowest BCUT2D eigenvalue weighted by atomic mass is 10.1. The van der Waals surface area contributed by atoms with E-state index < -0.39 is 11.9 Å². The number of carbonyl (C=O) groups excluding carboxylic acids is 3. The van der Waals surface area contributed by atoms with Crippen molar-refractivity contribution < 1.29 is 19.1 Å². The van der Waals surface area contributed by atoms with Gasteiger partial charge in [-0.15, -0.1) is 0 Å². The summed E-state index contributed by atoms with van der Waals surface area (Å²) in [5, 5.41) is 5.52. The molecule has 0 aliphatic heterocycles. The van der Waals surface area contributed by atoms with Crippen LogP contribution in [0.4, 0.5) is 5.69 Å². The summed E-state index contributed by atoms with van der Waals surface area (Å²) in [5.41, 5.74) is 2.40. The first-order chi connectivity index (χ1) is 14.1. The van der Waals surface area contributed by atoms with E-state index in [1.54, 1.807) is 48.8 Å². The molecule has 0 bridgehead atoms. The predicted octanol–water partition coefficient (Wildman–Crippen LogP) is 3.05. The third-order valence-corrected chi connectivity index (χ3v) is 4.13. The summed E-state index contributed by atoms with van der Waals surface area (Å²) in [5.74, 6) is -1.17. The maximum Gasteiger partial charge on any atom is 0.337 e. The van der Waals surface area contributed by atoms with Gasteiger partial charge in [0.2, 0.25) is 0 Å². The fourth-order valence-electron chi connectivity index (χ4n) is 2.63. The van der Waals surface area contributed by atoms with Crippen LogP contribution < -0.4 is 10.6 Å². The highest BCUT2D eigenvalue weighted by Gasteiger charge is 2.12. The summed E-state index contributed by atoms with van der Waals surface area (Å²) in [6.45, 7) is 0.359. The third-order valence-electron chi connectivity index (χ3n) is 4.13. The molecule has 7 heteroatoms. The van der Waals surface area contributed by atoms with Gasteiger partial charge in [0.1, 0.15) is 0 Å². The van der Waals surface area contributed by atoms with E-state index in [-0.39, 0.29) is 5.91 Å². The predicted molar refractivity (Wildman–Crippen MR) is 108 cm³/mol. The normalized spacial score (nSPS) is 10.1. The van der Waals surface area contributed by atoms with Crippen LogP contribution in [0.1, 0.15) is 36.6 Å². The number of ether oxygens (including phenoxy) is 1. The first-order valence-corrected chi connectivity index (χ1v) is 8.84. The van der Waals surface area contributed by atoms with Crippen LogP contribution in [-0.2, 0) is 11.3 Å². The van der Waals surface area contributed by atoms with Gasteiger partial charge in [-0.2, -0.15) is 0 Å². The molecule has 2 aromatic carbocycles. The number of aromatic nitrogens is 1. The molecule has 2 amide bonds. The summed E-state index contributed by atoms with van der Waals surface area (Å²) in [6, 6.07) is 16.4. The van der Waals surface area contributed by atoms with E-state index in [4.69, 9.17) is 0 Å². The standard InChI is InChI=1S/C22H19N3O4/c1-29-22(28)18-6-3-7-19(13-18)25-21(27)17-5-2-4-16(12-17)20(26)24-14-15-8-10-23-11-9-15/h2-13H,14H2,1H3,(H,24,26)(H,25,27). The average molecular weight is 389 g/mol. The number of esters is 1. The van der Waals surface area contributed by atoms with Gasteiger partial charge in [-0.1, -0.05) is 12.1 Å². The Kier molecular flexibility index (Phi) is 6.32. The van der Waals surface area contributed by atoms with Crippen molar-refractivity contribution in [1.82, 2.24) is 10.3 Å². The van der Waals surface area contributed by atoms with Crippen molar-refractivity contribution in [2.24, 2.45) is 0 Å². The minimum atomic E-state index is -0.492. The molecule has 0 radical (unpaired) electrons. The van der Waals surface area contributed by atoms with Crippen molar-refractivity contribution in [2.75, 3.05) is 12.4 Å². The number of methoxy groups -OCH3 is 1. The summed E-state index contributed by atoms with van der Waals surface area (Å²) in [4.78, 5) is 40.5. The second kappa shape index (κ2) is 9.27. The Morgan fingerprint density at radius 3 is 2.24 bits per heavy atom. The molecule has 3 rings (SSSR count). The number of nitrogens with one attached hydrogen (secondary N) is 2. The molecule has 29 heavy (non-hydrogen) atoms. The van der Waals surface area contributed by atoms with Crippen LogP contribution in [0, 0.1) is 0 Å². The summed E-state index contributed by atoms with van der Waals surface area (Å²) >= 11 is 0. The Morgan fingerprint density at radius 1 is 0.862 bits per heavy atom. The Morgan fingerprint density at radius 2 is 1.52 bits per heavy atom. The lowest BCUT2D eigenvalue weighted by Gasteiger charge is -2.09. The number of carbonyl (C=O) groups is 3. The number of anilines is 1. The maximum atomic E-state index is 12.6. The number of hydrogen-bond donors (Lipinski definition) is 2. The summed E-state index contributed by atoms with van der Waals surface area (Å²) in [6.07, 6.45) is 3.31. The molecule has 2 N–H and O–H groups in total. The zero-order valence-corrected chi connectivity index (χ0v) is 15.7. The van der Waals surface area contributed by atoms with Crippen molar-refractivity contribution in [3.05, 3.63) is 95.3 Å². The first kappa shape index (κ1) is 19.8. The van der Waals surface area contributed by atoms with E-state index in [2.05, 4.69) is 20.4 Å². The quantitative estimate of drug-likeness (QED) is 0.632. The average Bonchev–Trinajstić information content (AvgIpc) is 2.77. The minimum Gasteiger partial charge on any atom is -0.465 e. The van der Waals surface area contributed by atoms with Crippen LogP contribution in [0.2, 0.25) is 0 Å². The molecule has 1 heterocycles. The van der Waals surface area contributed by atoms with Crippen molar-refractivity contribution in [3.8, 4) is 0 Å². The van der Waals surface area contributed by atoms with E-state index in [0.29, 0.717) is 28.9 Å². The number of amides is 2. The molecule has 0 unspecified atom stereocenters. The van der Waals surface area contributed by atoms with Crippen LogP contribution in [0.25, 0.3) is 0 Å². The zero-order valence-electron chi connectivity index (χ0n) is 15.7. The fraction of sp³-hybridized carbons (Fsp3) is 0.0909. The molecule has 146 valence electrons. The molecular weight excluding hydrogens is 370 g/mol. The molecule has 0 fully saturated rings. The third kappa shape index (κ3) is 5.26. The van der Waals surface area contributed by atoms with Crippen LogP contribution >= 0.6 is 0 Å². The van der Waals surface area contributed by atoms with Crippen molar-refractivity contribution in [2.45, 2.75) is 6.54 Å². The monoisotopic (exact) mass is 389 g/mol. The summed E-state index contributed by atoms with van der Waals surface area (Å²) in [7, 11) is 1.29. The first-order valence-electron chi connectivity index (χ1n) is 8.84. The molecule has 0 saturated carbocycles. The van der Waals surface area contributed by atoms with E-state index in [9.17, 15) is 14.4 Å². The Balaban J connectivity index is 1.67. The van der Waals surface area contributed by atoms with Crippen molar-refractivity contribution in [3.63, 3.8) is 0 Å². The maximum absolute atomic E-state index is 12.6. The van der Waals surface area contributed by atoms with E-state index >= 15 is 0 Å². The molecule has 0 saturated heterocycles. The number of nitrogens with zero attached hydrogens (tertiary/aromatic N) is 1. The summed E-state index contributed by atoms with van der Waals surface area (Å²) < 4.78 is 4.68. The topological polar surface area (TPSA) is 97.4 Å². The van der Waals surface area contributed by atoms with Crippen LogP contribution in [0.3, 0.4) is 0 Å². The molecule has 0 atom stereocenters. The fourth-order valence-corrected chi connectivity index (χ4v) is 2.63. The molecule has 0 aliphatic rings. The van der Waals surface area contributed by atoms with Gasteiger partial charge in [0.25, 0.3) is 11.8 Å². The lowest BCUT2D eigenvalue weighted by Crippen LogP contribution is -2.23. The van der Waals surface area contributed by atoms with Crippen LogP contribution in [-0.4, -0.2) is 29.9 Å². The highest BCUT2D eigenvalue weighted by atomic mass is 16.5.